The van der Waals surface area contributed by atoms with Crippen molar-refractivity contribution in [2.75, 3.05) is 13.1 Å². The van der Waals surface area contributed by atoms with E-state index in [9.17, 15) is 14.0 Å². The van der Waals surface area contributed by atoms with Crippen molar-refractivity contribution < 1.29 is 9.18 Å². The number of benzene rings is 1. The number of nitrogens with zero attached hydrogens (tertiary/aromatic N) is 5. The summed E-state index contributed by atoms with van der Waals surface area (Å²) in [6.45, 7) is 1.16. The number of para-hydroxylation sites is 1. The van der Waals surface area contributed by atoms with Crippen LogP contribution in [0.5, 0.6) is 0 Å². The predicted molar refractivity (Wildman–Crippen MR) is 92.9 cm³/mol. The number of hydrogen-bond donors (Lipinski definition) is 2. The van der Waals surface area contributed by atoms with Crippen LogP contribution < -0.4 is 5.69 Å². The third-order valence-corrected chi connectivity index (χ3v) is 4.83. The van der Waals surface area contributed by atoms with Crippen LogP contribution in [0.1, 0.15) is 29.3 Å². The van der Waals surface area contributed by atoms with Crippen molar-refractivity contribution in [3.05, 3.63) is 58.5 Å². The summed E-state index contributed by atoms with van der Waals surface area (Å²) in [7, 11) is 0. The van der Waals surface area contributed by atoms with Crippen LogP contribution in [-0.4, -0.2) is 53.8 Å². The molecule has 27 heavy (non-hydrogen) atoms. The Kier molecular flexibility index (Phi) is 4.53. The predicted octanol–water partition coefficient (Wildman–Crippen LogP) is 0.913. The number of piperidine rings is 1. The maximum Gasteiger partial charge on any atom is 0.348 e. The lowest BCUT2D eigenvalue weighted by atomic mass is 9.93. The molecule has 140 valence electrons. The summed E-state index contributed by atoms with van der Waals surface area (Å²) in [4.78, 5) is 30.0. The van der Waals surface area contributed by atoms with Crippen molar-refractivity contribution in [2.24, 2.45) is 5.92 Å². The molecule has 1 fully saturated rings. The number of halogens is 1. The minimum Gasteiger partial charge on any atom is -0.336 e. The Balaban J connectivity index is 1.45. The minimum absolute atomic E-state index is 0.172. The van der Waals surface area contributed by atoms with Crippen LogP contribution in [-0.2, 0) is 6.42 Å². The smallest absolute Gasteiger partial charge is 0.336 e. The Bertz CT molecular complexity index is 987. The topological polar surface area (TPSA) is 113 Å². The molecule has 0 atom stereocenters. The molecule has 10 heteroatoms. The van der Waals surface area contributed by atoms with Crippen molar-refractivity contribution in [3.8, 4) is 5.69 Å². The fraction of sp³-hybridized carbons (Fsp3) is 0.353. The number of rotatable bonds is 4. The number of hydrogen-bond acceptors (Lipinski definition) is 5. The summed E-state index contributed by atoms with van der Waals surface area (Å²) in [5.74, 6) is 0.312. The summed E-state index contributed by atoms with van der Waals surface area (Å²) in [5, 5.41) is 12.8. The van der Waals surface area contributed by atoms with Crippen LogP contribution >= 0.6 is 0 Å². The zero-order valence-electron chi connectivity index (χ0n) is 14.4. The molecule has 2 aromatic heterocycles. The highest BCUT2D eigenvalue weighted by molar-refractivity contribution is 5.90. The highest BCUT2D eigenvalue weighted by atomic mass is 19.1. The van der Waals surface area contributed by atoms with Gasteiger partial charge in [0.1, 0.15) is 18.0 Å². The van der Waals surface area contributed by atoms with E-state index in [1.165, 1.54) is 17.0 Å². The van der Waals surface area contributed by atoms with Gasteiger partial charge in [-0.2, -0.15) is 10.2 Å². The molecular formula is C17H18FN7O2. The van der Waals surface area contributed by atoms with E-state index < -0.39 is 11.5 Å². The molecule has 4 rings (SSSR count). The van der Waals surface area contributed by atoms with E-state index in [1.807, 2.05) is 0 Å². The van der Waals surface area contributed by atoms with Crippen molar-refractivity contribution in [1.82, 2.24) is 34.8 Å². The number of H-pyrrole nitrogens is 2. The van der Waals surface area contributed by atoms with E-state index in [0.29, 0.717) is 25.3 Å². The molecule has 1 saturated heterocycles. The van der Waals surface area contributed by atoms with E-state index in [2.05, 4.69) is 25.4 Å². The molecule has 0 radical (unpaired) electrons. The number of nitrogens with one attached hydrogen (secondary N) is 2. The molecule has 1 amide bonds. The summed E-state index contributed by atoms with van der Waals surface area (Å²) in [6.07, 6.45) is 3.35. The molecule has 0 saturated carbocycles. The molecule has 3 aromatic rings. The fourth-order valence-corrected chi connectivity index (χ4v) is 3.40. The lowest BCUT2D eigenvalue weighted by Crippen LogP contribution is -2.39. The Morgan fingerprint density at radius 2 is 2.00 bits per heavy atom. The van der Waals surface area contributed by atoms with Gasteiger partial charge in [-0.15, -0.1) is 0 Å². The van der Waals surface area contributed by atoms with Crippen LogP contribution in [0.3, 0.4) is 0 Å². The van der Waals surface area contributed by atoms with Gasteiger partial charge in [0, 0.05) is 19.5 Å². The molecule has 1 aliphatic heterocycles. The van der Waals surface area contributed by atoms with Gasteiger partial charge in [-0.3, -0.25) is 9.89 Å². The highest BCUT2D eigenvalue weighted by Gasteiger charge is 2.27. The highest BCUT2D eigenvalue weighted by Crippen LogP contribution is 2.22. The summed E-state index contributed by atoms with van der Waals surface area (Å²) < 4.78 is 15.4. The van der Waals surface area contributed by atoms with Gasteiger partial charge in [-0.25, -0.2) is 23.8 Å². The third kappa shape index (κ3) is 3.37. The lowest BCUT2D eigenvalue weighted by molar-refractivity contribution is 0.0677. The van der Waals surface area contributed by atoms with E-state index in [-0.39, 0.29) is 23.3 Å². The minimum atomic E-state index is -0.477. The maximum atomic E-state index is 14.1. The van der Waals surface area contributed by atoms with Gasteiger partial charge in [0.15, 0.2) is 0 Å². The van der Waals surface area contributed by atoms with Gasteiger partial charge < -0.3 is 4.90 Å². The molecule has 3 heterocycles. The van der Waals surface area contributed by atoms with Crippen LogP contribution in [0.25, 0.3) is 5.69 Å². The molecule has 0 aliphatic carbocycles. The normalized spacial score (nSPS) is 15.2. The van der Waals surface area contributed by atoms with E-state index in [1.54, 1.807) is 23.1 Å². The van der Waals surface area contributed by atoms with Crippen molar-refractivity contribution in [3.63, 3.8) is 0 Å². The van der Waals surface area contributed by atoms with Gasteiger partial charge in [0.2, 0.25) is 5.82 Å². The van der Waals surface area contributed by atoms with Crippen molar-refractivity contribution in [1.29, 1.82) is 0 Å². The third-order valence-electron chi connectivity index (χ3n) is 4.83. The van der Waals surface area contributed by atoms with Gasteiger partial charge in [0.25, 0.3) is 5.91 Å². The first-order valence-electron chi connectivity index (χ1n) is 8.69. The second-order valence-corrected chi connectivity index (χ2v) is 6.51. The first-order chi connectivity index (χ1) is 13.1. The average Bonchev–Trinajstić information content (AvgIpc) is 3.33. The Labute approximate surface area is 153 Å². The second-order valence-electron chi connectivity index (χ2n) is 6.51. The average molecular weight is 371 g/mol. The lowest BCUT2D eigenvalue weighted by Gasteiger charge is -2.31. The van der Waals surface area contributed by atoms with E-state index >= 15 is 0 Å². The molecule has 2 N–H and O–H groups in total. The van der Waals surface area contributed by atoms with Crippen molar-refractivity contribution >= 4 is 5.91 Å². The van der Waals surface area contributed by atoms with E-state index in [4.69, 9.17) is 0 Å². The molecule has 9 nitrogen and oxygen atoms in total. The Morgan fingerprint density at radius 1 is 1.22 bits per heavy atom. The standard InChI is InChI=1S/C17H18FN7O2/c18-12-3-1-2-4-13(12)25-14(21-23-17(25)27)9-11-5-7-24(8-6-11)16(26)15-19-10-20-22-15/h1-4,10-11H,5-9H2,(H,23,27)(H,19,20,22). The largest absolute Gasteiger partial charge is 0.348 e. The first-order valence-corrected chi connectivity index (χ1v) is 8.69. The fourth-order valence-electron chi connectivity index (χ4n) is 3.40. The number of carbonyl (C=O) groups excluding carboxylic acids is 1. The summed E-state index contributed by atoms with van der Waals surface area (Å²) >= 11 is 0. The number of likely N-dealkylation sites (tertiary alicyclic amines) is 1. The number of aromatic amines is 2. The van der Waals surface area contributed by atoms with E-state index in [0.717, 1.165) is 12.8 Å². The molecule has 0 spiro atoms. The van der Waals surface area contributed by atoms with Crippen LogP contribution in [0.2, 0.25) is 0 Å². The quantitative estimate of drug-likeness (QED) is 0.708. The Hall–Kier alpha value is -3.30. The molecule has 0 unspecified atom stereocenters. The molecular weight excluding hydrogens is 353 g/mol. The molecule has 0 bridgehead atoms. The summed E-state index contributed by atoms with van der Waals surface area (Å²) in [6, 6.07) is 6.11. The van der Waals surface area contributed by atoms with Crippen LogP contribution in [0, 0.1) is 11.7 Å². The SMILES string of the molecule is O=C(c1ncn[nH]1)N1CCC(Cc2n[nH]c(=O)n2-c2ccccc2F)CC1. The van der Waals surface area contributed by atoms with Crippen molar-refractivity contribution in [2.45, 2.75) is 19.3 Å². The van der Waals surface area contributed by atoms with Gasteiger partial charge in [-0.1, -0.05) is 12.1 Å². The zero-order valence-corrected chi connectivity index (χ0v) is 14.4. The monoisotopic (exact) mass is 371 g/mol. The van der Waals surface area contributed by atoms with Gasteiger partial charge in [-0.05, 0) is 30.9 Å². The first kappa shape index (κ1) is 17.1. The number of amides is 1. The number of aromatic nitrogens is 6. The molecule has 1 aromatic carbocycles. The van der Waals surface area contributed by atoms with Gasteiger partial charge >= 0.3 is 5.69 Å². The van der Waals surface area contributed by atoms with Gasteiger partial charge in [0.05, 0.1) is 5.69 Å². The van der Waals surface area contributed by atoms with Crippen LogP contribution in [0.4, 0.5) is 4.39 Å². The second kappa shape index (κ2) is 7.14. The Morgan fingerprint density at radius 3 is 2.70 bits per heavy atom. The number of carbonyl (C=O) groups is 1. The summed E-state index contributed by atoms with van der Waals surface area (Å²) in [5.41, 5.74) is -0.280. The molecule has 1 aliphatic rings. The van der Waals surface area contributed by atoms with Crippen LogP contribution in [0.15, 0.2) is 35.4 Å². The maximum absolute atomic E-state index is 14.1. The zero-order chi connectivity index (χ0) is 18.8.